The van der Waals surface area contributed by atoms with Gasteiger partial charge in [0.05, 0.1) is 23.8 Å². The Hall–Kier alpha value is -1.04. The second-order valence-electron chi connectivity index (χ2n) is 3.21. The van der Waals surface area contributed by atoms with Gasteiger partial charge in [-0.25, -0.2) is 4.39 Å². The van der Waals surface area contributed by atoms with Crippen LogP contribution in [0.25, 0.3) is 0 Å². The minimum absolute atomic E-state index is 0.107. The maximum absolute atomic E-state index is 13.7. The highest BCUT2D eigenvalue weighted by atomic mass is 35.5. The molecule has 1 atom stereocenters. The van der Waals surface area contributed by atoms with E-state index in [0.29, 0.717) is 0 Å². The van der Waals surface area contributed by atoms with Crippen molar-refractivity contribution in [1.82, 2.24) is 5.32 Å². The number of phenols is 1. The predicted octanol–water partition coefficient (Wildman–Crippen LogP) is 1.45. The first-order valence-corrected chi connectivity index (χ1v) is 4.98. The second-order valence-corrected chi connectivity index (χ2v) is 3.62. The molecule has 1 aromatic carbocycles. The first kappa shape index (κ1) is 13.0. The standard InChI is InChI=1S/C10H13ClFNO3/c1-13-4-7(15)8-9(12)5(11)3-6(14)10(8)16-2/h3,7,13-15H,4H2,1-2H3. The molecule has 0 fully saturated rings. The first-order chi connectivity index (χ1) is 7.52. The third-order valence-electron chi connectivity index (χ3n) is 2.12. The Bertz CT molecular complexity index is 387. The highest BCUT2D eigenvalue weighted by Crippen LogP contribution is 2.39. The van der Waals surface area contributed by atoms with Crippen LogP contribution in [0.1, 0.15) is 11.7 Å². The average Bonchev–Trinajstić information content (AvgIpc) is 2.23. The molecule has 0 spiro atoms. The van der Waals surface area contributed by atoms with Crippen molar-refractivity contribution in [3.05, 3.63) is 22.5 Å². The number of ether oxygens (including phenoxy) is 1. The van der Waals surface area contributed by atoms with E-state index in [2.05, 4.69) is 5.32 Å². The van der Waals surface area contributed by atoms with Gasteiger partial charge in [-0.3, -0.25) is 0 Å². The fourth-order valence-electron chi connectivity index (χ4n) is 1.42. The number of phenolic OH excluding ortho intramolecular Hbond substituents is 1. The van der Waals surface area contributed by atoms with E-state index >= 15 is 0 Å². The minimum atomic E-state index is -1.15. The van der Waals surface area contributed by atoms with Crippen molar-refractivity contribution in [2.24, 2.45) is 0 Å². The smallest absolute Gasteiger partial charge is 0.169 e. The summed E-state index contributed by atoms with van der Waals surface area (Å²) in [5, 5.41) is 21.6. The molecule has 0 aliphatic rings. The summed E-state index contributed by atoms with van der Waals surface area (Å²) in [5.41, 5.74) is -0.151. The van der Waals surface area contributed by atoms with E-state index in [1.165, 1.54) is 7.11 Å². The predicted molar refractivity (Wildman–Crippen MR) is 58.5 cm³/mol. The fraction of sp³-hybridized carbons (Fsp3) is 0.400. The third kappa shape index (κ3) is 2.37. The molecule has 4 nitrogen and oxygen atoms in total. The maximum atomic E-state index is 13.7. The summed E-state index contributed by atoms with van der Waals surface area (Å²) >= 11 is 5.57. The molecule has 0 saturated heterocycles. The molecule has 16 heavy (non-hydrogen) atoms. The fourth-order valence-corrected chi connectivity index (χ4v) is 1.63. The molecule has 0 aromatic heterocycles. The number of aliphatic hydroxyl groups is 1. The van der Waals surface area contributed by atoms with E-state index in [-0.39, 0.29) is 28.6 Å². The van der Waals surface area contributed by atoms with Crippen LogP contribution in [0.2, 0.25) is 5.02 Å². The summed E-state index contributed by atoms with van der Waals surface area (Å²) in [4.78, 5) is 0. The van der Waals surface area contributed by atoms with Crippen molar-refractivity contribution in [3.63, 3.8) is 0 Å². The molecule has 6 heteroatoms. The minimum Gasteiger partial charge on any atom is -0.504 e. The first-order valence-electron chi connectivity index (χ1n) is 4.60. The Balaban J connectivity index is 3.32. The van der Waals surface area contributed by atoms with Gasteiger partial charge in [-0.15, -0.1) is 0 Å². The third-order valence-corrected chi connectivity index (χ3v) is 2.40. The molecule has 0 saturated carbocycles. The van der Waals surface area contributed by atoms with Gasteiger partial charge < -0.3 is 20.3 Å². The number of likely N-dealkylation sites (N-methyl/N-ethyl adjacent to an activating group) is 1. The van der Waals surface area contributed by atoms with Crippen molar-refractivity contribution in [3.8, 4) is 11.5 Å². The quantitative estimate of drug-likeness (QED) is 0.756. The zero-order chi connectivity index (χ0) is 12.3. The summed E-state index contributed by atoms with van der Waals surface area (Å²) in [5.74, 6) is -1.21. The van der Waals surface area contributed by atoms with Crippen molar-refractivity contribution in [1.29, 1.82) is 0 Å². The number of methoxy groups -OCH3 is 1. The second kappa shape index (κ2) is 5.34. The molecule has 0 aliphatic heterocycles. The van der Waals surface area contributed by atoms with Gasteiger partial charge in [0.25, 0.3) is 0 Å². The highest BCUT2D eigenvalue weighted by Gasteiger charge is 2.23. The van der Waals surface area contributed by atoms with E-state index in [1.807, 2.05) is 0 Å². The summed E-state index contributed by atoms with van der Waals surface area (Å²) in [6, 6.07) is 1.03. The Kier molecular flexibility index (Phi) is 4.35. The molecular formula is C10H13ClFNO3. The lowest BCUT2D eigenvalue weighted by Crippen LogP contribution is -2.18. The van der Waals surface area contributed by atoms with Gasteiger partial charge in [0.15, 0.2) is 17.3 Å². The van der Waals surface area contributed by atoms with Crippen LogP contribution >= 0.6 is 11.6 Å². The zero-order valence-corrected chi connectivity index (χ0v) is 9.68. The Morgan fingerprint density at radius 3 is 2.75 bits per heavy atom. The molecular weight excluding hydrogens is 237 g/mol. The lowest BCUT2D eigenvalue weighted by molar-refractivity contribution is 0.167. The normalized spacial score (nSPS) is 12.6. The number of nitrogens with one attached hydrogen (secondary N) is 1. The van der Waals surface area contributed by atoms with Crippen LogP contribution in [0, 0.1) is 5.82 Å². The summed E-state index contributed by atoms with van der Waals surface area (Å²) < 4.78 is 18.5. The van der Waals surface area contributed by atoms with Gasteiger partial charge in [-0.1, -0.05) is 11.6 Å². The maximum Gasteiger partial charge on any atom is 0.169 e. The van der Waals surface area contributed by atoms with Crippen LogP contribution in [0.3, 0.4) is 0 Å². The Labute approximate surface area is 97.6 Å². The van der Waals surface area contributed by atoms with Gasteiger partial charge >= 0.3 is 0 Å². The van der Waals surface area contributed by atoms with Gasteiger partial charge in [0, 0.05) is 12.6 Å². The van der Waals surface area contributed by atoms with Crippen LogP contribution in [-0.2, 0) is 0 Å². The molecule has 0 radical (unpaired) electrons. The van der Waals surface area contributed by atoms with E-state index in [4.69, 9.17) is 16.3 Å². The van der Waals surface area contributed by atoms with Crippen molar-refractivity contribution in [2.75, 3.05) is 20.7 Å². The van der Waals surface area contributed by atoms with Crippen LogP contribution in [0.5, 0.6) is 11.5 Å². The molecule has 3 N–H and O–H groups in total. The van der Waals surface area contributed by atoms with E-state index in [9.17, 15) is 14.6 Å². The lowest BCUT2D eigenvalue weighted by atomic mass is 10.1. The topological polar surface area (TPSA) is 61.7 Å². The number of benzene rings is 1. The van der Waals surface area contributed by atoms with Crippen LogP contribution < -0.4 is 10.1 Å². The van der Waals surface area contributed by atoms with E-state index in [1.54, 1.807) is 7.05 Å². The number of aliphatic hydroxyl groups excluding tert-OH is 1. The van der Waals surface area contributed by atoms with Gasteiger partial charge in [-0.2, -0.15) is 0 Å². The number of rotatable bonds is 4. The Morgan fingerprint density at radius 2 is 2.25 bits per heavy atom. The molecule has 1 unspecified atom stereocenters. The van der Waals surface area contributed by atoms with Gasteiger partial charge in [-0.05, 0) is 7.05 Å². The summed E-state index contributed by atoms with van der Waals surface area (Å²) in [6.07, 6.45) is -1.15. The Morgan fingerprint density at radius 1 is 1.62 bits per heavy atom. The van der Waals surface area contributed by atoms with Gasteiger partial charge in [0.1, 0.15) is 0 Å². The molecule has 0 heterocycles. The summed E-state index contributed by atoms with van der Waals surface area (Å²) in [7, 11) is 2.88. The zero-order valence-electron chi connectivity index (χ0n) is 8.92. The molecule has 0 amide bonds. The molecule has 1 aromatic rings. The van der Waals surface area contributed by atoms with Crippen molar-refractivity contribution in [2.45, 2.75) is 6.10 Å². The number of hydrogen-bond donors (Lipinski definition) is 3. The lowest BCUT2D eigenvalue weighted by Gasteiger charge is -2.17. The largest absolute Gasteiger partial charge is 0.504 e. The van der Waals surface area contributed by atoms with Crippen molar-refractivity contribution < 1.29 is 19.3 Å². The SMILES string of the molecule is CNCC(O)c1c(F)c(Cl)cc(O)c1OC. The number of halogens is 2. The molecule has 90 valence electrons. The van der Waals surface area contributed by atoms with Crippen LogP contribution in [0.4, 0.5) is 4.39 Å². The average molecular weight is 250 g/mol. The van der Waals surface area contributed by atoms with Crippen molar-refractivity contribution >= 4 is 11.6 Å². The highest BCUT2D eigenvalue weighted by molar-refractivity contribution is 6.31. The summed E-state index contributed by atoms with van der Waals surface area (Å²) in [6.45, 7) is 0.118. The number of aromatic hydroxyl groups is 1. The van der Waals surface area contributed by atoms with Gasteiger partial charge in [0.2, 0.25) is 0 Å². The molecule has 0 aliphatic carbocycles. The number of hydrogen-bond acceptors (Lipinski definition) is 4. The molecule has 1 rings (SSSR count). The monoisotopic (exact) mass is 249 g/mol. The van der Waals surface area contributed by atoms with E-state index < -0.39 is 11.9 Å². The van der Waals surface area contributed by atoms with Crippen LogP contribution in [0.15, 0.2) is 6.07 Å². The molecule has 0 bridgehead atoms. The van der Waals surface area contributed by atoms with E-state index in [0.717, 1.165) is 6.07 Å². The van der Waals surface area contributed by atoms with Crippen LogP contribution in [-0.4, -0.2) is 30.9 Å².